The SMILES string of the molecule is C[C@H]([C@@H](O)[C@@H]1O[C@H]1C(C)(C)O[C@H]1CCCCO1)[C@H]1CC[C@H]2[C@@H]3CC4(OCCO4)[C@H]4C[C@@H]5OC(C)(C)O[C@@H]5C[C@]4(C)[C@H]3CC[C@]12C. The second kappa shape index (κ2) is 10.8. The Labute approximate surface area is 270 Å². The molecule has 8 heteroatoms. The first-order valence-corrected chi connectivity index (χ1v) is 18.5. The number of ether oxygens (including phenoxy) is 7. The molecule has 4 heterocycles. The largest absolute Gasteiger partial charge is 0.390 e. The standard InChI is InChI=1S/C37H60O8/c1-21(30(38)31-32(42-31)33(2,3)45-29-10-8-9-15-39-29)23-11-12-24-22-19-37(40-16-17-41-37)28-18-26-27(44-34(4,5)43-26)20-36(28,7)25(22)13-14-35(23,24)6/h21-32,38H,8-20H2,1-7H3/t21-,22-,23+,24-,25-,26-,27+,28-,29-,30+,31-,32+,35+,36+/m0/s1. The van der Waals surface area contributed by atoms with E-state index in [1.807, 2.05) is 0 Å². The summed E-state index contributed by atoms with van der Waals surface area (Å²) in [5.74, 6) is 1.69. The molecule has 45 heavy (non-hydrogen) atoms. The fourth-order valence-electron chi connectivity index (χ4n) is 12.7. The van der Waals surface area contributed by atoms with Gasteiger partial charge in [-0.25, -0.2) is 0 Å². The molecule has 4 saturated heterocycles. The van der Waals surface area contributed by atoms with Crippen molar-refractivity contribution in [2.24, 2.45) is 46.3 Å². The molecule has 0 amide bonds. The van der Waals surface area contributed by atoms with Gasteiger partial charge in [-0.3, -0.25) is 0 Å². The lowest BCUT2D eigenvalue weighted by atomic mass is 9.42. The second-order valence-electron chi connectivity index (χ2n) is 17.9. The van der Waals surface area contributed by atoms with Gasteiger partial charge in [-0.1, -0.05) is 20.8 Å². The molecular formula is C37H60O8. The van der Waals surface area contributed by atoms with Crippen LogP contribution in [0.1, 0.15) is 113 Å². The number of aliphatic hydroxyl groups is 1. The van der Waals surface area contributed by atoms with Gasteiger partial charge in [0, 0.05) is 18.9 Å². The minimum atomic E-state index is -0.529. The van der Waals surface area contributed by atoms with E-state index < -0.39 is 23.3 Å². The molecular weight excluding hydrogens is 572 g/mol. The van der Waals surface area contributed by atoms with Crippen LogP contribution in [0.2, 0.25) is 0 Å². The van der Waals surface area contributed by atoms with E-state index in [4.69, 9.17) is 33.2 Å². The molecule has 0 aromatic rings. The molecule has 8 aliphatic rings. The Morgan fingerprint density at radius 2 is 1.58 bits per heavy atom. The van der Waals surface area contributed by atoms with E-state index >= 15 is 0 Å². The first-order valence-electron chi connectivity index (χ1n) is 18.5. The smallest absolute Gasteiger partial charge is 0.172 e. The van der Waals surface area contributed by atoms with Gasteiger partial charge in [0.1, 0.15) is 12.2 Å². The van der Waals surface area contributed by atoms with Crippen LogP contribution in [0.15, 0.2) is 0 Å². The van der Waals surface area contributed by atoms with Crippen molar-refractivity contribution in [3.05, 3.63) is 0 Å². The Bertz CT molecular complexity index is 1110. The molecule has 0 bridgehead atoms. The molecule has 4 aliphatic heterocycles. The molecule has 8 rings (SSSR count). The Morgan fingerprint density at radius 3 is 2.31 bits per heavy atom. The third-order valence-electron chi connectivity index (χ3n) is 14.7. The molecule has 0 unspecified atom stereocenters. The van der Waals surface area contributed by atoms with Crippen LogP contribution >= 0.6 is 0 Å². The van der Waals surface area contributed by atoms with Crippen molar-refractivity contribution in [1.29, 1.82) is 0 Å². The van der Waals surface area contributed by atoms with E-state index in [-0.39, 0.29) is 47.5 Å². The van der Waals surface area contributed by atoms with Gasteiger partial charge in [-0.2, -0.15) is 0 Å². The number of fused-ring (bicyclic) bond motifs is 7. The second-order valence-corrected chi connectivity index (χ2v) is 17.9. The maximum Gasteiger partial charge on any atom is 0.172 e. The Balaban J connectivity index is 0.995. The van der Waals surface area contributed by atoms with E-state index in [0.717, 1.165) is 45.1 Å². The zero-order valence-corrected chi connectivity index (χ0v) is 28.9. The van der Waals surface area contributed by atoms with Gasteiger partial charge in [0.25, 0.3) is 0 Å². The molecule has 8 fully saturated rings. The summed E-state index contributed by atoms with van der Waals surface area (Å²) in [5, 5.41) is 11.8. The van der Waals surface area contributed by atoms with Crippen molar-refractivity contribution in [1.82, 2.24) is 0 Å². The Morgan fingerprint density at radius 1 is 0.844 bits per heavy atom. The van der Waals surface area contributed by atoms with Gasteiger partial charge in [-0.15, -0.1) is 0 Å². The number of hydrogen-bond donors (Lipinski definition) is 1. The van der Waals surface area contributed by atoms with Gasteiger partial charge < -0.3 is 38.3 Å². The highest BCUT2D eigenvalue weighted by Crippen LogP contribution is 2.71. The molecule has 0 aromatic carbocycles. The summed E-state index contributed by atoms with van der Waals surface area (Å²) in [6.07, 6.45) is 10.3. The van der Waals surface area contributed by atoms with Crippen molar-refractivity contribution < 1.29 is 38.3 Å². The molecule has 1 N–H and O–H groups in total. The first-order chi connectivity index (χ1) is 21.3. The average molecular weight is 633 g/mol. The number of epoxide rings is 1. The number of hydrogen-bond acceptors (Lipinski definition) is 8. The van der Waals surface area contributed by atoms with E-state index in [0.29, 0.717) is 42.8 Å². The third kappa shape index (κ3) is 5.04. The predicted molar refractivity (Wildman–Crippen MR) is 167 cm³/mol. The van der Waals surface area contributed by atoms with Crippen molar-refractivity contribution >= 4 is 0 Å². The van der Waals surface area contributed by atoms with E-state index in [2.05, 4.69) is 48.5 Å². The maximum absolute atomic E-state index is 11.8. The number of rotatable bonds is 6. The highest BCUT2D eigenvalue weighted by Gasteiger charge is 2.70. The molecule has 0 radical (unpaired) electrons. The first kappa shape index (κ1) is 31.9. The lowest BCUT2D eigenvalue weighted by Gasteiger charge is -2.65. The molecule has 256 valence electrons. The molecule has 8 nitrogen and oxygen atoms in total. The minimum absolute atomic E-state index is 0.0887. The topological polar surface area (TPSA) is 88.1 Å². The molecule has 14 atom stereocenters. The summed E-state index contributed by atoms with van der Waals surface area (Å²) < 4.78 is 44.8. The predicted octanol–water partition coefficient (Wildman–Crippen LogP) is 6.21. The van der Waals surface area contributed by atoms with Crippen LogP contribution in [0.4, 0.5) is 0 Å². The Hall–Kier alpha value is -0.320. The van der Waals surface area contributed by atoms with Crippen molar-refractivity contribution in [3.63, 3.8) is 0 Å². The lowest BCUT2D eigenvalue weighted by Crippen LogP contribution is -2.65. The fourth-order valence-corrected chi connectivity index (χ4v) is 12.7. The van der Waals surface area contributed by atoms with Gasteiger partial charge in [0.05, 0.1) is 37.1 Å². The fraction of sp³-hybridized carbons (Fsp3) is 1.00. The van der Waals surface area contributed by atoms with Crippen LogP contribution < -0.4 is 0 Å². The molecule has 1 spiro atoms. The van der Waals surface area contributed by atoms with Crippen molar-refractivity contribution in [2.75, 3.05) is 19.8 Å². The number of aliphatic hydroxyl groups excluding tert-OH is 1. The molecule has 4 saturated carbocycles. The summed E-state index contributed by atoms with van der Waals surface area (Å²) >= 11 is 0. The highest BCUT2D eigenvalue weighted by atomic mass is 16.8. The van der Waals surface area contributed by atoms with Crippen LogP contribution in [-0.2, 0) is 33.2 Å². The zero-order chi connectivity index (χ0) is 31.6. The summed E-state index contributed by atoms with van der Waals surface area (Å²) in [6.45, 7) is 17.8. The monoisotopic (exact) mass is 632 g/mol. The van der Waals surface area contributed by atoms with E-state index in [9.17, 15) is 5.11 Å². The normalized spacial score (nSPS) is 51.2. The third-order valence-corrected chi connectivity index (χ3v) is 14.7. The van der Waals surface area contributed by atoms with E-state index in [1.165, 1.54) is 25.7 Å². The summed E-state index contributed by atoms with van der Waals surface area (Å²) in [7, 11) is 0. The van der Waals surface area contributed by atoms with Crippen LogP contribution in [-0.4, -0.2) is 78.9 Å². The minimum Gasteiger partial charge on any atom is -0.390 e. The van der Waals surface area contributed by atoms with Crippen LogP contribution in [0.5, 0.6) is 0 Å². The van der Waals surface area contributed by atoms with Crippen molar-refractivity contribution in [2.45, 2.75) is 167 Å². The summed E-state index contributed by atoms with van der Waals surface area (Å²) in [4.78, 5) is 0. The molecule has 0 aromatic heterocycles. The van der Waals surface area contributed by atoms with Crippen LogP contribution in [0.3, 0.4) is 0 Å². The van der Waals surface area contributed by atoms with E-state index in [1.54, 1.807) is 0 Å². The van der Waals surface area contributed by atoms with Gasteiger partial charge in [0.15, 0.2) is 17.9 Å². The quantitative estimate of drug-likeness (QED) is 0.346. The molecule has 4 aliphatic carbocycles. The van der Waals surface area contributed by atoms with Gasteiger partial charge in [-0.05, 0) is 126 Å². The van der Waals surface area contributed by atoms with Crippen LogP contribution in [0.25, 0.3) is 0 Å². The lowest BCUT2D eigenvalue weighted by molar-refractivity contribution is -0.301. The summed E-state index contributed by atoms with van der Waals surface area (Å²) in [5.41, 5.74) is -0.214. The highest BCUT2D eigenvalue weighted by molar-refractivity contribution is 5.16. The summed E-state index contributed by atoms with van der Waals surface area (Å²) in [6, 6.07) is 0. The maximum atomic E-state index is 11.8. The van der Waals surface area contributed by atoms with Crippen molar-refractivity contribution in [3.8, 4) is 0 Å². The zero-order valence-electron chi connectivity index (χ0n) is 28.9. The van der Waals surface area contributed by atoms with Gasteiger partial charge >= 0.3 is 0 Å². The Kier molecular flexibility index (Phi) is 7.69. The van der Waals surface area contributed by atoms with Gasteiger partial charge in [0.2, 0.25) is 0 Å². The van der Waals surface area contributed by atoms with Crippen LogP contribution in [0, 0.1) is 46.3 Å². The average Bonchev–Trinajstić information content (AvgIpc) is 3.40.